The molecule has 1 N–H and O–H groups in total. The Hall–Kier alpha value is -2.83. The van der Waals surface area contributed by atoms with E-state index in [0.29, 0.717) is 29.4 Å². The molecule has 2 unspecified atom stereocenters. The van der Waals surface area contributed by atoms with E-state index in [1.807, 2.05) is 24.3 Å². The van der Waals surface area contributed by atoms with Crippen LogP contribution in [0, 0.1) is 5.92 Å². The van der Waals surface area contributed by atoms with E-state index in [-0.39, 0.29) is 12.5 Å². The summed E-state index contributed by atoms with van der Waals surface area (Å²) in [4.78, 5) is 29.6. The topological polar surface area (TPSA) is 84.7 Å². The molecule has 2 aliphatic heterocycles. The number of amides is 2. The predicted molar refractivity (Wildman–Crippen MR) is 103 cm³/mol. The molecule has 7 nitrogen and oxygen atoms in total. The molecule has 2 atom stereocenters. The van der Waals surface area contributed by atoms with E-state index in [9.17, 15) is 9.59 Å². The number of aromatic nitrogens is 1. The first-order valence-electron chi connectivity index (χ1n) is 9.77. The Morgan fingerprint density at radius 1 is 1.21 bits per heavy atom. The Morgan fingerprint density at radius 3 is 2.54 bits per heavy atom. The second kappa shape index (κ2) is 8.04. The minimum Gasteiger partial charge on any atom is -0.445 e. The third-order valence-electron chi connectivity index (χ3n) is 5.75. The molecule has 7 heteroatoms. The van der Waals surface area contributed by atoms with Gasteiger partial charge in [0.05, 0.1) is 6.20 Å². The van der Waals surface area contributed by atoms with E-state index in [1.165, 1.54) is 18.2 Å². The normalized spacial score (nSPS) is 23.5. The number of nitrogens with one attached hydrogen (secondary N) is 1. The van der Waals surface area contributed by atoms with Gasteiger partial charge < -0.3 is 14.1 Å². The molecule has 1 aromatic carbocycles. The highest BCUT2D eigenvalue weighted by molar-refractivity contribution is 5.84. The zero-order valence-corrected chi connectivity index (χ0v) is 16.0. The summed E-state index contributed by atoms with van der Waals surface area (Å²) in [6.45, 7) is 1.74. The molecule has 2 bridgehead atoms. The fraction of sp³-hybridized carbons (Fsp3) is 0.476. The zero-order valence-electron chi connectivity index (χ0n) is 16.0. The third kappa shape index (κ3) is 4.18. The maximum atomic E-state index is 11.8. The molecule has 2 amide bonds. The quantitative estimate of drug-likeness (QED) is 0.850. The first kappa shape index (κ1) is 18.5. The Kier molecular flexibility index (Phi) is 5.32. The number of rotatable bonds is 5. The molecule has 1 aromatic heterocycles. The molecular weight excluding hydrogens is 358 g/mol. The molecule has 2 aromatic rings. The van der Waals surface area contributed by atoms with Crippen molar-refractivity contribution in [1.29, 1.82) is 0 Å². The van der Waals surface area contributed by atoms with Crippen LogP contribution in [0.15, 0.2) is 41.3 Å². The van der Waals surface area contributed by atoms with Crippen molar-refractivity contribution in [3.63, 3.8) is 0 Å². The molecule has 0 aliphatic carbocycles. The molecule has 148 valence electrons. The van der Waals surface area contributed by atoms with E-state index in [2.05, 4.69) is 15.2 Å². The second-order valence-corrected chi connectivity index (χ2v) is 7.72. The van der Waals surface area contributed by atoms with Crippen molar-refractivity contribution in [2.45, 2.75) is 57.7 Å². The van der Waals surface area contributed by atoms with Crippen LogP contribution in [0.2, 0.25) is 0 Å². The molecule has 2 aliphatic rings. The fourth-order valence-corrected chi connectivity index (χ4v) is 4.63. The molecule has 28 heavy (non-hydrogen) atoms. The fourth-order valence-electron chi connectivity index (χ4n) is 4.63. The van der Waals surface area contributed by atoms with Gasteiger partial charge in [0.2, 0.25) is 5.91 Å². The lowest BCUT2D eigenvalue weighted by molar-refractivity contribution is -0.133. The average molecular weight is 383 g/mol. The number of hydrogen-bond acceptors (Lipinski definition) is 5. The summed E-state index contributed by atoms with van der Waals surface area (Å²) < 4.78 is 10.1. The number of carbonyl (C=O) groups excluding carboxylic acids is 2. The van der Waals surface area contributed by atoms with Crippen LogP contribution >= 0.6 is 0 Å². The molecule has 4 rings (SSSR count). The van der Waals surface area contributed by atoms with Crippen molar-refractivity contribution >= 4 is 17.7 Å². The van der Waals surface area contributed by atoms with Gasteiger partial charge in [-0.1, -0.05) is 12.1 Å². The van der Waals surface area contributed by atoms with Crippen molar-refractivity contribution in [1.82, 2.24) is 9.88 Å². The van der Waals surface area contributed by atoms with Gasteiger partial charge in [-0.05, 0) is 55.7 Å². The molecule has 0 radical (unpaired) electrons. The van der Waals surface area contributed by atoms with Crippen LogP contribution in [0.25, 0.3) is 0 Å². The van der Waals surface area contributed by atoms with Crippen LogP contribution < -0.4 is 5.32 Å². The number of carbonyl (C=O) groups is 2. The van der Waals surface area contributed by atoms with E-state index >= 15 is 0 Å². The Morgan fingerprint density at radius 2 is 1.93 bits per heavy atom. The summed E-state index contributed by atoms with van der Waals surface area (Å²) in [6, 6.07) is 8.72. The van der Waals surface area contributed by atoms with Gasteiger partial charge in [0.25, 0.3) is 0 Å². The van der Waals surface area contributed by atoms with Crippen molar-refractivity contribution in [3.8, 4) is 0 Å². The minimum absolute atomic E-state index is 0.0468. The molecule has 0 spiro atoms. The Balaban J connectivity index is 1.27. The Bertz CT molecular complexity index is 805. The summed E-state index contributed by atoms with van der Waals surface area (Å²) in [5, 5.41) is 2.71. The smallest absolute Gasteiger partial charge is 0.412 e. The Labute approximate surface area is 164 Å². The van der Waals surface area contributed by atoms with Gasteiger partial charge in [-0.15, -0.1) is 0 Å². The largest absolute Gasteiger partial charge is 0.445 e. The second-order valence-electron chi connectivity index (χ2n) is 7.72. The third-order valence-corrected chi connectivity index (χ3v) is 5.75. The van der Waals surface area contributed by atoms with Crippen LogP contribution in [-0.2, 0) is 22.6 Å². The number of benzene rings is 1. The lowest BCUT2D eigenvalue weighted by Crippen LogP contribution is -2.45. The van der Waals surface area contributed by atoms with E-state index < -0.39 is 6.09 Å². The lowest BCUT2D eigenvalue weighted by Gasteiger charge is -2.38. The predicted octanol–water partition coefficient (Wildman–Crippen LogP) is 3.76. The summed E-state index contributed by atoms with van der Waals surface area (Å²) in [6.07, 6.45) is 7.74. The monoisotopic (exact) mass is 383 g/mol. The summed E-state index contributed by atoms with van der Waals surface area (Å²) in [7, 11) is 0. The highest BCUT2D eigenvalue weighted by Gasteiger charge is 2.41. The number of piperidine rings is 1. The molecule has 2 fully saturated rings. The standard InChI is InChI=1S/C21H25N3O4/c1-14(25)24-18-6-7-19(24)10-16(9-18)8-15-2-4-17(5-3-15)23-21(26)27-12-20-11-22-13-28-20/h2-5,11,13,16,18-19H,6-10,12H2,1H3,(H,23,26). The number of ether oxygens (including phenoxy) is 1. The van der Waals surface area contributed by atoms with Crippen LogP contribution in [0.5, 0.6) is 0 Å². The van der Waals surface area contributed by atoms with Crippen molar-refractivity contribution in [3.05, 3.63) is 48.2 Å². The van der Waals surface area contributed by atoms with Gasteiger partial charge in [0.1, 0.15) is 0 Å². The van der Waals surface area contributed by atoms with Gasteiger partial charge in [-0.2, -0.15) is 0 Å². The number of nitrogens with zero attached hydrogens (tertiary/aromatic N) is 2. The molecular formula is C21H25N3O4. The number of anilines is 1. The van der Waals surface area contributed by atoms with Gasteiger partial charge >= 0.3 is 6.09 Å². The van der Waals surface area contributed by atoms with Gasteiger partial charge in [0, 0.05) is 24.7 Å². The number of oxazole rings is 1. The molecule has 3 heterocycles. The summed E-state index contributed by atoms with van der Waals surface area (Å²) in [5.74, 6) is 1.32. The average Bonchev–Trinajstić information content (AvgIpc) is 3.28. The van der Waals surface area contributed by atoms with Gasteiger partial charge in [0.15, 0.2) is 18.8 Å². The number of hydrogen-bond donors (Lipinski definition) is 1. The van der Waals surface area contributed by atoms with E-state index in [1.54, 1.807) is 6.92 Å². The maximum absolute atomic E-state index is 11.8. The first-order valence-corrected chi connectivity index (χ1v) is 9.77. The van der Waals surface area contributed by atoms with Crippen LogP contribution in [-0.4, -0.2) is 34.0 Å². The SMILES string of the molecule is CC(=O)N1C2CCC1CC(Cc1ccc(NC(=O)OCc3cnco3)cc1)C2. The zero-order chi connectivity index (χ0) is 19.5. The van der Waals surface area contributed by atoms with Crippen molar-refractivity contribution in [2.24, 2.45) is 5.92 Å². The summed E-state index contributed by atoms with van der Waals surface area (Å²) in [5.41, 5.74) is 1.94. The lowest BCUT2D eigenvalue weighted by atomic mass is 9.86. The molecule has 0 saturated carbocycles. The number of fused-ring (bicyclic) bond motifs is 2. The van der Waals surface area contributed by atoms with Gasteiger partial charge in [-0.25, -0.2) is 9.78 Å². The molecule has 2 saturated heterocycles. The van der Waals surface area contributed by atoms with E-state index in [4.69, 9.17) is 9.15 Å². The highest BCUT2D eigenvalue weighted by Crippen LogP contribution is 2.39. The van der Waals surface area contributed by atoms with Crippen molar-refractivity contribution in [2.75, 3.05) is 5.32 Å². The van der Waals surface area contributed by atoms with Crippen LogP contribution in [0.3, 0.4) is 0 Å². The van der Waals surface area contributed by atoms with Crippen LogP contribution in [0.1, 0.15) is 43.9 Å². The van der Waals surface area contributed by atoms with Gasteiger partial charge in [-0.3, -0.25) is 10.1 Å². The van der Waals surface area contributed by atoms with Crippen LogP contribution in [0.4, 0.5) is 10.5 Å². The van der Waals surface area contributed by atoms with Crippen molar-refractivity contribution < 1.29 is 18.7 Å². The highest BCUT2D eigenvalue weighted by atomic mass is 16.6. The maximum Gasteiger partial charge on any atom is 0.412 e. The first-order chi connectivity index (χ1) is 13.6. The summed E-state index contributed by atoms with van der Waals surface area (Å²) >= 11 is 0. The van der Waals surface area contributed by atoms with E-state index in [0.717, 1.165) is 32.1 Å². The minimum atomic E-state index is -0.530.